The summed E-state index contributed by atoms with van der Waals surface area (Å²) in [6, 6.07) is 12.0. The van der Waals surface area contributed by atoms with E-state index in [4.69, 9.17) is 0 Å². The Morgan fingerprint density at radius 2 is 1.62 bits per heavy atom. The topological polar surface area (TPSA) is 70.4 Å². The lowest BCUT2D eigenvalue weighted by atomic mass is 9.95. The van der Waals surface area contributed by atoms with Gasteiger partial charge < -0.3 is 9.80 Å². The Morgan fingerprint density at radius 3 is 2.34 bits per heavy atom. The number of carbonyl (C=O) groups excluding carboxylic acids is 1. The van der Waals surface area contributed by atoms with Crippen LogP contribution in [0.1, 0.15) is 18.4 Å². The predicted octanol–water partition coefficient (Wildman–Crippen LogP) is 2.22. The van der Waals surface area contributed by atoms with Gasteiger partial charge in [0.25, 0.3) is 0 Å². The SMILES string of the molecule is O=C(C1CCN(c2ncccn2)CC1)N1CCN(Cc2cnn(-c3ccccc3)c2)CC1. The molecule has 166 valence electrons. The van der Waals surface area contributed by atoms with Crippen LogP contribution in [0.2, 0.25) is 0 Å². The van der Waals surface area contributed by atoms with Crippen molar-refractivity contribution in [2.45, 2.75) is 19.4 Å². The van der Waals surface area contributed by atoms with E-state index in [0.717, 1.165) is 70.3 Å². The number of para-hydroxylation sites is 1. The maximum absolute atomic E-state index is 13.1. The summed E-state index contributed by atoms with van der Waals surface area (Å²) in [6.07, 6.45) is 9.31. The van der Waals surface area contributed by atoms with Gasteiger partial charge in [-0.3, -0.25) is 9.69 Å². The number of anilines is 1. The second-order valence-corrected chi connectivity index (χ2v) is 8.54. The van der Waals surface area contributed by atoms with Crippen LogP contribution in [0.4, 0.5) is 5.95 Å². The first-order chi connectivity index (χ1) is 15.8. The molecule has 0 spiro atoms. The van der Waals surface area contributed by atoms with Crippen molar-refractivity contribution >= 4 is 11.9 Å². The number of aromatic nitrogens is 4. The molecule has 2 aromatic heterocycles. The average molecular weight is 432 g/mol. The summed E-state index contributed by atoms with van der Waals surface area (Å²) in [5.74, 6) is 1.20. The van der Waals surface area contributed by atoms with Gasteiger partial charge in [0.1, 0.15) is 0 Å². The molecule has 32 heavy (non-hydrogen) atoms. The monoisotopic (exact) mass is 431 g/mol. The molecule has 8 heteroatoms. The first kappa shape index (κ1) is 20.6. The number of carbonyl (C=O) groups is 1. The molecule has 0 N–H and O–H groups in total. The summed E-state index contributed by atoms with van der Waals surface area (Å²) in [6.45, 7) is 5.95. The van der Waals surface area contributed by atoms with Crippen LogP contribution in [0, 0.1) is 5.92 Å². The Morgan fingerprint density at radius 1 is 0.906 bits per heavy atom. The van der Waals surface area contributed by atoms with Crippen LogP contribution < -0.4 is 4.90 Å². The van der Waals surface area contributed by atoms with Crippen LogP contribution in [0.5, 0.6) is 0 Å². The second-order valence-electron chi connectivity index (χ2n) is 8.54. The number of nitrogens with zero attached hydrogens (tertiary/aromatic N) is 7. The smallest absolute Gasteiger partial charge is 0.225 e. The molecule has 0 saturated carbocycles. The van der Waals surface area contributed by atoms with Crippen molar-refractivity contribution in [1.29, 1.82) is 0 Å². The number of amides is 1. The molecule has 0 bridgehead atoms. The normalized spacial score (nSPS) is 18.1. The number of rotatable bonds is 5. The van der Waals surface area contributed by atoms with Gasteiger partial charge in [0.15, 0.2) is 0 Å². The van der Waals surface area contributed by atoms with Crippen molar-refractivity contribution in [3.05, 3.63) is 66.7 Å². The summed E-state index contributed by atoms with van der Waals surface area (Å²) < 4.78 is 1.92. The minimum Gasteiger partial charge on any atom is -0.341 e. The molecule has 2 saturated heterocycles. The number of piperidine rings is 1. The number of piperazine rings is 1. The molecule has 0 unspecified atom stereocenters. The minimum absolute atomic E-state index is 0.116. The van der Waals surface area contributed by atoms with Gasteiger partial charge in [-0.1, -0.05) is 18.2 Å². The van der Waals surface area contributed by atoms with Crippen LogP contribution in [0.15, 0.2) is 61.2 Å². The maximum Gasteiger partial charge on any atom is 0.225 e. The van der Waals surface area contributed by atoms with E-state index in [0.29, 0.717) is 5.91 Å². The number of hydrogen-bond donors (Lipinski definition) is 0. The Bertz CT molecular complexity index is 1010. The lowest BCUT2D eigenvalue weighted by Crippen LogP contribution is -2.51. The van der Waals surface area contributed by atoms with E-state index < -0.39 is 0 Å². The average Bonchev–Trinajstić information content (AvgIpc) is 3.34. The third kappa shape index (κ3) is 4.65. The van der Waals surface area contributed by atoms with Crippen LogP contribution in [0.25, 0.3) is 5.69 Å². The van der Waals surface area contributed by atoms with Gasteiger partial charge >= 0.3 is 0 Å². The summed E-state index contributed by atoms with van der Waals surface area (Å²) in [5, 5.41) is 4.50. The molecule has 0 atom stereocenters. The summed E-state index contributed by atoms with van der Waals surface area (Å²) >= 11 is 0. The zero-order valence-electron chi connectivity index (χ0n) is 18.3. The molecular formula is C24H29N7O. The minimum atomic E-state index is 0.116. The molecule has 2 aliphatic rings. The van der Waals surface area contributed by atoms with E-state index in [9.17, 15) is 4.79 Å². The van der Waals surface area contributed by atoms with Gasteiger partial charge in [0.2, 0.25) is 11.9 Å². The third-order valence-electron chi connectivity index (χ3n) is 6.43. The quantitative estimate of drug-likeness (QED) is 0.617. The molecule has 8 nitrogen and oxygen atoms in total. The van der Waals surface area contributed by atoms with E-state index in [1.807, 2.05) is 35.1 Å². The molecule has 1 aromatic carbocycles. The van der Waals surface area contributed by atoms with Crippen molar-refractivity contribution < 1.29 is 4.79 Å². The Balaban J connectivity index is 1.09. The fraction of sp³-hybridized carbons (Fsp3) is 0.417. The van der Waals surface area contributed by atoms with Gasteiger partial charge in [-0.05, 0) is 31.0 Å². The van der Waals surface area contributed by atoms with Gasteiger partial charge in [-0.15, -0.1) is 0 Å². The standard InChI is InChI=1S/C24H29N7O/c32-23(21-7-11-30(12-8-21)24-25-9-4-10-26-24)29-15-13-28(14-16-29)18-20-17-27-31(19-20)22-5-2-1-3-6-22/h1-6,9-10,17,19,21H,7-8,11-16,18H2. The lowest BCUT2D eigenvalue weighted by Gasteiger charge is -2.38. The van der Waals surface area contributed by atoms with Crippen LogP contribution in [-0.4, -0.2) is 74.7 Å². The van der Waals surface area contributed by atoms with Crippen LogP contribution >= 0.6 is 0 Å². The molecular weight excluding hydrogens is 402 g/mol. The Labute approximate surface area is 188 Å². The van der Waals surface area contributed by atoms with Gasteiger partial charge in [0.05, 0.1) is 11.9 Å². The Hall–Kier alpha value is -3.26. The molecule has 5 rings (SSSR count). The summed E-state index contributed by atoms with van der Waals surface area (Å²) in [4.78, 5) is 28.4. The van der Waals surface area contributed by atoms with Crippen molar-refractivity contribution in [2.75, 3.05) is 44.2 Å². The van der Waals surface area contributed by atoms with Gasteiger partial charge in [0, 0.05) is 75.9 Å². The third-order valence-corrected chi connectivity index (χ3v) is 6.43. The van der Waals surface area contributed by atoms with E-state index >= 15 is 0 Å². The second kappa shape index (κ2) is 9.48. The maximum atomic E-state index is 13.1. The first-order valence-corrected chi connectivity index (χ1v) is 11.4. The summed E-state index contributed by atoms with van der Waals surface area (Å²) in [5.41, 5.74) is 2.27. The van der Waals surface area contributed by atoms with Gasteiger partial charge in [-0.25, -0.2) is 14.6 Å². The lowest BCUT2D eigenvalue weighted by molar-refractivity contribution is -0.138. The van der Waals surface area contributed by atoms with Gasteiger partial charge in [-0.2, -0.15) is 5.10 Å². The molecule has 0 aliphatic carbocycles. The zero-order valence-corrected chi connectivity index (χ0v) is 18.3. The van der Waals surface area contributed by atoms with Crippen LogP contribution in [0.3, 0.4) is 0 Å². The van der Waals surface area contributed by atoms with Crippen molar-refractivity contribution in [3.63, 3.8) is 0 Å². The molecule has 1 amide bonds. The highest BCUT2D eigenvalue weighted by Gasteiger charge is 2.31. The number of hydrogen-bond acceptors (Lipinski definition) is 6. The van der Waals surface area contributed by atoms with E-state index in [1.165, 1.54) is 5.56 Å². The van der Waals surface area contributed by atoms with E-state index in [1.54, 1.807) is 12.4 Å². The highest BCUT2D eigenvalue weighted by atomic mass is 16.2. The van der Waals surface area contributed by atoms with E-state index in [2.05, 4.69) is 48.1 Å². The fourth-order valence-electron chi connectivity index (χ4n) is 4.59. The summed E-state index contributed by atoms with van der Waals surface area (Å²) in [7, 11) is 0. The molecule has 0 radical (unpaired) electrons. The van der Waals surface area contributed by atoms with E-state index in [-0.39, 0.29) is 5.92 Å². The zero-order chi connectivity index (χ0) is 21.8. The predicted molar refractivity (Wildman–Crippen MR) is 122 cm³/mol. The van der Waals surface area contributed by atoms with Crippen LogP contribution in [-0.2, 0) is 11.3 Å². The van der Waals surface area contributed by atoms with Crippen molar-refractivity contribution in [2.24, 2.45) is 5.92 Å². The first-order valence-electron chi connectivity index (χ1n) is 11.4. The molecule has 3 aromatic rings. The molecule has 4 heterocycles. The fourth-order valence-corrected chi connectivity index (χ4v) is 4.59. The highest BCUT2D eigenvalue weighted by molar-refractivity contribution is 5.79. The highest BCUT2D eigenvalue weighted by Crippen LogP contribution is 2.23. The number of benzene rings is 1. The molecule has 2 aliphatic heterocycles. The molecule has 2 fully saturated rings. The van der Waals surface area contributed by atoms with Crippen molar-refractivity contribution in [3.8, 4) is 5.69 Å². The Kier molecular flexibility index (Phi) is 6.11. The van der Waals surface area contributed by atoms with Crippen molar-refractivity contribution in [1.82, 2.24) is 29.5 Å². The largest absolute Gasteiger partial charge is 0.341 e.